The molecule has 16 heavy (non-hydrogen) atoms. The van der Waals surface area contributed by atoms with Gasteiger partial charge in [-0.25, -0.2) is 13.1 Å². The van der Waals surface area contributed by atoms with E-state index in [0.717, 1.165) is 0 Å². The van der Waals surface area contributed by atoms with Crippen LogP contribution in [0.3, 0.4) is 0 Å². The van der Waals surface area contributed by atoms with Crippen molar-refractivity contribution in [2.24, 2.45) is 5.73 Å². The summed E-state index contributed by atoms with van der Waals surface area (Å²) in [6.45, 7) is 1.91. The fraction of sp³-hybridized carbons (Fsp3) is 0.300. The summed E-state index contributed by atoms with van der Waals surface area (Å²) in [7, 11) is -3.54. The average Bonchev–Trinajstić information content (AvgIpc) is 2.28. The Morgan fingerprint density at radius 3 is 2.44 bits per heavy atom. The van der Waals surface area contributed by atoms with Crippen LogP contribution in [0.15, 0.2) is 29.2 Å². The zero-order chi connectivity index (χ0) is 12.2. The standard InChI is InChI=1S/C10H13N3O2S/c1-8(6-11)13-16(14,15)10-4-2-9(7-12)3-5-10/h2-5,8,13H,6,11H2,1H3. The second-order valence-corrected chi connectivity index (χ2v) is 5.11. The van der Waals surface area contributed by atoms with Gasteiger partial charge >= 0.3 is 0 Å². The van der Waals surface area contributed by atoms with E-state index in [4.69, 9.17) is 11.0 Å². The average molecular weight is 239 g/mol. The number of nitrogens with one attached hydrogen (secondary N) is 1. The Morgan fingerprint density at radius 1 is 1.44 bits per heavy atom. The summed E-state index contributed by atoms with van der Waals surface area (Å²) in [6.07, 6.45) is 0. The molecule has 0 amide bonds. The molecule has 0 saturated carbocycles. The fourth-order valence-corrected chi connectivity index (χ4v) is 2.35. The summed E-state index contributed by atoms with van der Waals surface area (Å²) >= 11 is 0. The van der Waals surface area contributed by atoms with Gasteiger partial charge in [0.1, 0.15) is 0 Å². The lowest BCUT2D eigenvalue weighted by Crippen LogP contribution is -2.37. The van der Waals surface area contributed by atoms with E-state index in [1.165, 1.54) is 24.3 Å². The van der Waals surface area contributed by atoms with Gasteiger partial charge in [0.25, 0.3) is 0 Å². The van der Waals surface area contributed by atoms with Crippen molar-refractivity contribution < 1.29 is 8.42 Å². The van der Waals surface area contributed by atoms with Crippen LogP contribution in [-0.4, -0.2) is 21.0 Å². The van der Waals surface area contributed by atoms with E-state index in [2.05, 4.69) is 4.72 Å². The lowest BCUT2D eigenvalue weighted by atomic mass is 10.2. The first-order chi connectivity index (χ1) is 7.49. The molecule has 0 bridgehead atoms. The second kappa shape index (κ2) is 5.07. The van der Waals surface area contributed by atoms with Gasteiger partial charge in [-0.3, -0.25) is 0 Å². The maximum Gasteiger partial charge on any atom is 0.240 e. The summed E-state index contributed by atoms with van der Waals surface area (Å²) in [5, 5.41) is 8.58. The summed E-state index contributed by atoms with van der Waals surface area (Å²) in [4.78, 5) is 0.131. The highest BCUT2D eigenvalue weighted by Gasteiger charge is 2.16. The number of sulfonamides is 1. The van der Waals surface area contributed by atoms with Crippen LogP contribution in [-0.2, 0) is 10.0 Å². The summed E-state index contributed by atoms with van der Waals surface area (Å²) in [6, 6.07) is 7.31. The van der Waals surface area contributed by atoms with Crippen molar-refractivity contribution in [3.05, 3.63) is 29.8 Å². The predicted octanol–water partition coefficient (Wildman–Crippen LogP) is 0.184. The van der Waals surface area contributed by atoms with Crippen molar-refractivity contribution in [2.45, 2.75) is 17.9 Å². The second-order valence-electron chi connectivity index (χ2n) is 3.39. The quantitative estimate of drug-likeness (QED) is 0.783. The topological polar surface area (TPSA) is 96.0 Å². The van der Waals surface area contributed by atoms with Crippen molar-refractivity contribution in [3.63, 3.8) is 0 Å². The van der Waals surface area contributed by atoms with Crippen LogP contribution >= 0.6 is 0 Å². The monoisotopic (exact) mass is 239 g/mol. The predicted molar refractivity (Wildman–Crippen MR) is 60.0 cm³/mol. The van der Waals surface area contributed by atoms with Crippen molar-refractivity contribution in [2.75, 3.05) is 6.54 Å². The van der Waals surface area contributed by atoms with Crippen LogP contribution in [0.25, 0.3) is 0 Å². The van der Waals surface area contributed by atoms with E-state index in [1.54, 1.807) is 6.92 Å². The Morgan fingerprint density at radius 2 is 2.00 bits per heavy atom. The third-order valence-electron chi connectivity index (χ3n) is 2.00. The van der Waals surface area contributed by atoms with Crippen LogP contribution in [0.5, 0.6) is 0 Å². The van der Waals surface area contributed by atoms with E-state index >= 15 is 0 Å². The van der Waals surface area contributed by atoms with Crippen LogP contribution in [0.2, 0.25) is 0 Å². The molecule has 0 spiro atoms. The van der Waals surface area contributed by atoms with Crippen molar-refractivity contribution in [1.29, 1.82) is 5.26 Å². The van der Waals surface area contributed by atoms with Gasteiger partial charge in [0.2, 0.25) is 10.0 Å². The minimum absolute atomic E-state index is 0.131. The summed E-state index contributed by atoms with van der Waals surface area (Å²) in [5.74, 6) is 0. The molecule has 0 saturated heterocycles. The smallest absolute Gasteiger partial charge is 0.240 e. The molecule has 86 valence electrons. The van der Waals surface area contributed by atoms with Crippen molar-refractivity contribution in [3.8, 4) is 6.07 Å². The molecule has 3 N–H and O–H groups in total. The Bertz CT molecular complexity index is 488. The molecule has 6 heteroatoms. The molecule has 0 aliphatic rings. The molecule has 1 atom stereocenters. The number of benzene rings is 1. The lowest BCUT2D eigenvalue weighted by molar-refractivity contribution is 0.562. The SMILES string of the molecule is CC(CN)NS(=O)(=O)c1ccc(C#N)cc1. The molecular formula is C10H13N3O2S. The zero-order valence-electron chi connectivity index (χ0n) is 8.84. The first-order valence-corrected chi connectivity index (χ1v) is 6.20. The Labute approximate surface area is 94.9 Å². The van der Waals surface area contributed by atoms with Gasteiger partial charge in [0.15, 0.2) is 0 Å². The Kier molecular flexibility index (Phi) is 4.01. The maximum absolute atomic E-state index is 11.8. The highest BCUT2D eigenvalue weighted by atomic mass is 32.2. The molecule has 1 rings (SSSR count). The van der Waals surface area contributed by atoms with Crippen molar-refractivity contribution >= 4 is 10.0 Å². The Balaban J connectivity index is 2.95. The maximum atomic E-state index is 11.8. The molecule has 0 aromatic heterocycles. The molecular weight excluding hydrogens is 226 g/mol. The third kappa shape index (κ3) is 3.03. The summed E-state index contributed by atoms with van der Waals surface area (Å²) in [5.41, 5.74) is 5.75. The van der Waals surface area contributed by atoms with E-state index < -0.39 is 10.0 Å². The summed E-state index contributed by atoms with van der Waals surface area (Å²) < 4.78 is 25.9. The minimum Gasteiger partial charge on any atom is -0.329 e. The van der Waals surface area contributed by atoms with Crippen LogP contribution < -0.4 is 10.5 Å². The van der Waals surface area contributed by atoms with Gasteiger partial charge in [-0.05, 0) is 31.2 Å². The number of nitrogens with zero attached hydrogens (tertiary/aromatic N) is 1. The lowest BCUT2D eigenvalue weighted by Gasteiger charge is -2.11. The van der Waals surface area contributed by atoms with Gasteiger partial charge in [-0.2, -0.15) is 5.26 Å². The largest absolute Gasteiger partial charge is 0.329 e. The van der Waals surface area contributed by atoms with Crippen LogP contribution in [0, 0.1) is 11.3 Å². The first kappa shape index (κ1) is 12.6. The number of nitrogens with two attached hydrogens (primary N) is 1. The molecule has 1 aromatic carbocycles. The molecule has 0 aliphatic heterocycles. The van der Waals surface area contributed by atoms with E-state index in [0.29, 0.717) is 5.56 Å². The highest BCUT2D eigenvalue weighted by molar-refractivity contribution is 7.89. The zero-order valence-corrected chi connectivity index (χ0v) is 9.66. The van der Waals surface area contributed by atoms with Gasteiger partial charge in [-0.15, -0.1) is 0 Å². The minimum atomic E-state index is -3.54. The van der Waals surface area contributed by atoms with Gasteiger partial charge < -0.3 is 5.73 Å². The van der Waals surface area contributed by atoms with Gasteiger partial charge in [0.05, 0.1) is 16.5 Å². The number of nitriles is 1. The van der Waals surface area contributed by atoms with Crippen LogP contribution in [0.4, 0.5) is 0 Å². The third-order valence-corrected chi connectivity index (χ3v) is 3.61. The number of hydrogen-bond donors (Lipinski definition) is 2. The molecule has 0 fully saturated rings. The molecule has 1 unspecified atom stereocenters. The Hall–Kier alpha value is -1.42. The fourth-order valence-electron chi connectivity index (χ4n) is 1.09. The first-order valence-electron chi connectivity index (χ1n) is 4.72. The highest BCUT2D eigenvalue weighted by Crippen LogP contribution is 2.10. The van der Waals surface area contributed by atoms with Gasteiger partial charge in [-0.1, -0.05) is 0 Å². The van der Waals surface area contributed by atoms with E-state index in [9.17, 15) is 8.42 Å². The van der Waals surface area contributed by atoms with Gasteiger partial charge in [0, 0.05) is 12.6 Å². The normalized spacial score (nSPS) is 13.1. The van der Waals surface area contributed by atoms with E-state index in [-0.39, 0.29) is 17.5 Å². The number of rotatable bonds is 4. The molecule has 0 aliphatic carbocycles. The molecule has 0 radical (unpaired) electrons. The van der Waals surface area contributed by atoms with Crippen LogP contribution in [0.1, 0.15) is 12.5 Å². The van der Waals surface area contributed by atoms with E-state index in [1.807, 2.05) is 6.07 Å². The van der Waals surface area contributed by atoms with Crippen molar-refractivity contribution in [1.82, 2.24) is 4.72 Å². The molecule has 5 nitrogen and oxygen atoms in total. The number of hydrogen-bond acceptors (Lipinski definition) is 4. The molecule has 0 heterocycles. The molecule has 1 aromatic rings.